The maximum absolute atomic E-state index is 6.23. The van der Waals surface area contributed by atoms with Gasteiger partial charge in [0, 0.05) is 30.2 Å². The van der Waals surface area contributed by atoms with Crippen LogP contribution in [0.2, 0.25) is 0 Å². The van der Waals surface area contributed by atoms with Crippen molar-refractivity contribution < 1.29 is 0 Å². The van der Waals surface area contributed by atoms with Crippen LogP contribution in [0, 0.1) is 4.78 Å². The summed E-state index contributed by atoms with van der Waals surface area (Å²) in [6.45, 7) is 0. The van der Waals surface area contributed by atoms with Gasteiger partial charge in [0.15, 0.2) is 0 Å². The average molecular weight is 111 g/mol. The molecule has 0 saturated heterocycles. The molecule has 0 atom stereocenters. The molecule has 4 heavy (non-hydrogen) atoms. The summed E-state index contributed by atoms with van der Waals surface area (Å²) in [5.41, 5.74) is 0. The molecule has 0 unspecified atom stereocenters. The van der Waals surface area contributed by atoms with Gasteiger partial charge in [-0.15, -0.1) is 0 Å². The van der Waals surface area contributed by atoms with Crippen LogP contribution in [0.4, 0.5) is 0 Å². The summed E-state index contributed by atoms with van der Waals surface area (Å²) >= 11 is 4.25. The van der Waals surface area contributed by atoms with Gasteiger partial charge in [-0.2, -0.15) is 0 Å². The molecule has 0 rings (SSSR count). The van der Waals surface area contributed by atoms with Crippen LogP contribution in [0.25, 0.3) is 0 Å². The fourth-order valence-electron chi connectivity index (χ4n) is 0. The zero-order valence-electron chi connectivity index (χ0n) is 1.72. The van der Waals surface area contributed by atoms with Gasteiger partial charge in [0.05, 0.1) is 0 Å². The largest absolute Gasteiger partial charge is 0.236 e. The van der Waals surface area contributed by atoms with Crippen LogP contribution in [-0.2, 0) is 30.2 Å². The van der Waals surface area contributed by atoms with Gasteiger partial charge in [-0.25, -0.2) is 4.78 Å². The highest BCUT2D eigenvalue weighted by Crippen LogP contribution is 1.16. The van der Waals surface area contributed by atoms with Crippen molar-refractivity contribution in [2.24, 2.45) is 0 Å². The van der Waals surface area contributed by atoms with Gasteiger partial charge >= 0.3 is 0 Å². The third kappa shape index (κ3) is 2.46. The third-order valence-electron chi connectivity index (χ3n) is 0.0340. The van der Waals surface area contributed by atoms with Gasteiger partial charge in [-0.3, -0.25) is 0 Å². The van der Waals surface area contributed by atoms with Crippen LogP contribution in [0.3, 0.4) is 0 Å². The molecule has 0 aromatic rings. The Hall–Kier alpha value is 0.460. The molecule has 0 spiro atoms. The SMILES string of the molecule is N=S=S=S. The van der Waals surface area contributed by atoms with Crippen molar-refractivity contribution in [1.29, 1.82) is 4.78 Å². The molecule has 4 heteroatoms. The summed E-state index contributed by atoms with van der Waals surface area (Å²) in [7, 11) is 1.86. The maximum Gasteiger partial charge on any atom is 0.0250 e. The molecule has 0 aromatic heterocycles. The van der Waals surface area contributed by atoms with Gasteiger partial charge in [0.2, 0.25) is 0 Å². The number of hydrogen-bond acceptors (Lipinski definition) is 2. The van der Waals surface area contributed by atoms with E-state index in [1.54, 1.807) is 0 Å². The summed E-state index contributed by atoms with van der Waals surface area (Å²) < 4.78 is 6.23. The van der Waals surface area contributed by atoms with E-state index in [2.05, 4.69) is 11.2 Å². The molecule has 1 nitrogen and oxygen atoms in total. The Bertz CT molecular complexity index is 53.4. The lowest BCUT2D eigenvalue weighted by Crippen LogP contribution is -1.13. The van der Waals surface area contributed by atoms with Crippen molar-refractivity contribution in [3.05, 3.63) is 0 Å². The molecule has 0 heterocycles. The minimum absolute atomic E-state index is 0.838. The molecule has 0 saturated carbocycles. The van der Waals surface area contributed by atoms with Crippen molar-refractivity contribution in [1.82, 2.24) is 0 Å². The number of nitrogens with one attached hydrogen (secondary N) is 1. The molecular weight excluding hydrogens is 110 g/mol. The van der Waals surface area contributed by atoms with E-state index >= 15 is 0 Å². The highest BCUT2D eigenvalue weighted by atomic mass is 33.1. The Morgan fingerprint density at radius 1 is 1.75 bits per heavy atom. The molecule has 1 N–H and O–H groups in total. The first kappa shape index (κ1) is 4.46. The second kappa shape index (κ2) is 3.46. The van der Waals surface area contributed by atoms with Crippen LogP contribution < -0.4 is 0 Å². The van der Waals surface area contributed by atoms with E-state index in [9.17, 15) is 0 Å². The van der Waals surface area contributed by atoms with Crippen LogP contribution >= 0.6 is 0 Å². The lowest BCUT2D eigenvalue weighted by atomic mass is 14.0. The van der Waals surface area contributed by atoms with Crippen LogP contribution in [0.5, 0.6) is 0 Å². The van der Waals surface area contributed by atoms with Gasteiger partial charge in [-0.05, 0) is 0 Å². The van der Waals surface area contributed by atoms with Crippen LogP contribution in [0.1, 0.15) is 0 Å². The van der Waals surface area contributed by atoms with Crippen molar-refractivity contribution in [2.75, 3.05) is 0 Å². The third-order valence-corrected chi connectivity index (χ3v) is 0.919. The summed E-state index contributed by atoms with van der Waals surface area (Å²) in [4.78, 5) is 0. The maximum atomic E-state index is 6.23. The van der Waals surface area contributed by atoms with Crippen LogP contribution in [0.15, 0.2) is 0 Å². The minimum atomic E-state index is 0.838. The zero-order valence-corrected chi connectivity index (χ0v) is 4.17. The van der Waals surface area contributed by atoms with E-state index in [-0.39, 0.29) is 0 Å². The Balaban J connectivity index is 3.95. The fourth-order valence-corrected chi connectivity index (χ4v) is 0. The monoisotopic (exact) mass is 111 g/mol. The average Bonchev–Trinajstić information content (AvgIpc) is 1.37. The standard InChI is InChI=1S/HNS3/c1-3-4-2/h1H. The first-order chi connectivity index (χ1) is 1.91. The van der Waals surface area contributed by atoms with E-state index in [4.69, 9.17) is 4.78 Å². The first-order valence-corrected chi connectivity index (χ1v) is 3.61. The van der Waals surface area contributed by atoms with E-state index in [0.29, 0.717) is 0 Å². The quantitative estimate of drug-likeness (QED) is 0.477. The molecule has 0 amide bonds. The topological polar surface area (TPSA) is 23.9 Å². The predicted molar refractivity (Wildman–Crippen MR) is 24.8 cm³/mol. The summed E-state index contributed by atoms with van der Waals surface area (Å²) in [6.07, 6.45) is 0. The molecule has 0 bridgehead atoms. The lowest BCUT2D eigenvalue weighted by molar-refractivity contribution is 1.67. The molecule has 0 aliphatic heterocycles. The summed E-state index contributed by atoms with van der Waals surface area (Å²) in [5, 5.41) is 0. The van der Waals surface area contributed by atoms with Crippen molar-refractivity contribution in [3.63, 3.8) is 0 Å². The lowest BCUT2D eigenvalue weighted by Gasteiger charge is -1.17. The Morgan fingerprint density at radius 3 is 2.00 bits per heavy atom. The van der Waals surface area contributed by atoms with E-state index in [1.807, 2.05) is 0 Å². The molecular formula is HNS3. The Kier molecular flexibility index (Phi) is 3.86. The predicted octanol–water partition coefficient (Wildman–Crippen LogP) is 0.291. The van der Waals surface area contributed by atoms with Gasteiger partial charge < -0.3 is 0 Å². The Morgan fingerprint density at radius 2 is 2.00 bits per heavy atom. The minimum Gasteiger partial charge on any atom is -0.236 e. The highest BCUT2D eigenvalue weighted by molar-refractivity contribution is 8.39. The summed E-state index contributed by atoms with van der Waals surface area (Å²) in [5.74, 6) is 0. The highest BCUT2D eigenvalue weighted by Gasteiger charge is 1.13. The molecule has 0 aliphatic rings. The first-order valence-electron chi connectivity index (χ1n) is 0.537. The van der Waals surface area contributed by atoms with E-state index < -0.39 is 0 Å². The van der Waals surface area contributed by atoms with Gasteiger partial charge in [0.25, 0.3) is 0 Å². The van der Waals surface area contributed by atoms with E-state index in [0.717, 1.165) is 19.0 Å². The van der Waals surface area contributed by atoms with Crippen LogP contribution in [-0.4, -0.2) is 0 Å². The zero-order chi connectivity index (χ0) is 3.41. The van der Waals surface area contributed by atoms with E-state index in [1.165, 1.54) is 0 Å². The Labute approximate surface area is 35.4 Å². The molecule has 24 valence electrons. The second-order valence-corrected chi connectivity index (χ2v) is 2.59. The normalized spacial score (nSPS) is 5.00. The molecule has 0 aliphatic carbocycles. The second-order valence-electron chi connectivity index (χ2n) is 0.151. The molecule has 0 fully saturated rings. The molecule has 0 aromatic carbocycles. The smallest absolute Gasteiger partial charge is 0.0250 e. The number of hydrogen-bond donors (Lipinski definition) is 1. The number of rotatable bonds is 0. The van der Waals surface area contributed by atoms with Crippen molar-refractivity contribution in [3.8, 4) is 0 Å². The molecule has 0 radical (unpaired) electrons. The van der Waals surface area contributed by atoms with Gasteiger partial charge in [-0.1, -0.05) is 0 Å². The summed E-state index contributed by atoms with van der Waals surface area (Å²) in [6, 6.07) is 0. The van der Waals surface area contributed by atoms with Crippen molar-refractivity contribution >= 4 is 30.2 Å². The van der Waals surface area contributed by atoms with Gasteiger partial charge in [0.1, 0.15) is 0 Å². The fraction of sp³-hybridized carbons (Fsp3) is 0. The van der Waals surface area contributed by atoms with Crippen molar-refractivity contribution in [2.45, 2.75) is 0 Å².